The molecule has 2 aromatic rings. The van der Waals surface area contributed by atoms with Crippen LogP contribution in [0.25, 0.3) is 0 Å². The fraction of sp³-hybridized carbons (Fsp3) is 0.133. The summed E-state index contributed by atoms with van der Waals surface area (Å²) in [7, 11) is 0. The molecule has 0 atom stereocenters. The fourth-order valence-electron chi connectivity index (χ4n) is 1.75. The summed E-state index contributed by atoms with van der Waals surface area (Å²) in [6.45, 7) is 2.35. The minimum absolute atomic E-state index is 0.159. The number of carbonyl (C=O) groups excluding carboxylic acids is 1. The summed E-state index contributed by atoms with van der Waals surface area (Å²) in [5.41, 5.74) is 0.975. The van der Waals surface area contributed by atoms with E-state index in [4.69, 9.17) is 4.74 Å². The Labute approximate surface area is 124 Å². The Morgan fingerprint density at radius 2 is 1.95 bits per heavy atom. The molecule has 0 N–H and O–H groups in total. The summed E-state index contributed by atoms with van der Waals surface area (Å²) in [4.78, 5) is 12.5. The first-order valence-corrected chi connectivity index (χ1v) is 6.93. The van der Waals surface area contributed by atoms with Crippen molar-refractivity contribution >= 4 is 28.4 Å². The van der Waals surface area contributed by atoms with E-state index in [0.717, 1.165) is 0 Å². The Hall–Kier alpha value is -1.43. The van der Waals surface area contributed by atoms with Crippen molar-refractivity contribution in [1.82, 2.24) is 0 Å². The van der Waals surface area contributed by atoms with E-state index in [1.165, 1.54) is 18.2 Å². The lowest BCUT2D eigenvalue weighted by molar-refractivity contribution is 0.103. The quantitative estimate of drug-likeness (QED) is 0.600. The summed E-state index contributed by atoms with van der Waals surface area (Å²) >= 11 is 1.96. The second kappa shape index (κ2) is 6.14. The van der Waals surface area contributed by atoms with Crippen LogP contribution in [0.15, 0.2) is 42.5 Å². The molecule has 98 valence electrons. The van der Waals surface area contributed by atoms with Gasteiger partial charge in [0.15, 0.2) is 5.78 Å². The third-order valence-corrected chi connectivity index (χ3v) is 3.50. The standard InChI is InChI=1S/C15H12FIO2/c1-2-19-14-6-4-3-5-12(14)15(18)11-8-7-10(16)9-13(11)17/h3-9H,2H2,1H3. The van der Waals surface area contributed by atoms with Crippen LogP contribution in [0.2, 0.25) is 0 Å². The van der Waals surface area contributed by atoms with Gasteiger partial charge >= 0.3 is 0 Å². The molecule has 0 aromatic heterocycles. The zero-order valence-electron chi connectivity index (χ0n) is 10.3. The number of ketones is 1. The van der Waals surface area contributed by atoms with Crippen molar-refractivity contribution < 1.29 is 13.9 Å². The van der Waals surface area contributed by atoms with Crippen LogP contribution in [-0.2, 0) is 0 Å². The van der Waals surface area contributed by atoms with Gasteiger partial charge in [-0.05, 0) is 59.8 Å². The van der Waals surface area contributed by atoms with Gasteiger partial charge < -0.3 is 4.74 Å². The maximum absolute atomic E-state index is 13.1. The van der Waals surface area contributed by atoms with Gasteiger partial charge in [-0.3, -0.25) is 4.79 Å². The van der Waals surface area contributed by atoms with Gasteiger partial charge in [0, 0.05) is 9.13 Å². The molecule has 4 heteroatoms. The molecule has 0 saturated heterocycles. The zero-order chi connectivity index (χ0) is 13.8. The van der Waals surface area contributed by atoms with E-state index in [-0.39, 0.29) is 11.6 Å². The molecule has 0 unspecified atom stereocenters. The maximum Gasteiger partial charge on any atom is 0.197 e. The monoisotopic (exact) mass is 370 g/mol. The zero-order valence-corrected chi connectivity index (χ0v) is 12.5. The van der Waals surface area contributed by atoms with E-state index < -0.39 is 0 Å². The molecule has 19 heavy (non-hydrogen) atoms. The highest BCUT2D eigenvalue weighted by Gasteiger charge is 2.16. The van der Waals surface area contributed by atoms with Crippen molar-refractivity contribution in [3.05, 3.63) is 63.0 Å². The fourth-order valence-corrected chi connectivity index (χ4v) is 2.48. The number of hydrogen-bond donors (Lipinski definition) is 0. The topological polar surface area (TPSA) is 26.3 Å². The molecule has 0 aliphatic rings. The Bertz CT molecular complexity index is 611. The van der Waals surface area contributed by atoms with Crippen LogP contribution >= 0.6 is 22.6 Å². The van der Waals surface area contributed by atoms with Crippen LogP contribution in [0, 0.1) is 9.39 Å². The Morgan fingerprint density at radius 1 is 1.21 bits per heavy atom. The van der Waals surface area contributed by atoms with Crippen LogP contribution in [0.5, 0.6) is 5.75 Å². The first-order chi connectivity index (χ1) is 9.13. The van der Waals surface area contributed by atoms with E-state index >= 15 is 0 Å². The number of rotatable bonds is 4. The molecule has 0 spiro atoms. The molecule has 0 bridgehead atoms. The molecular formula is C15H12FIO2. The molecular weight excluding hydrogens is 358 g/mol. The van der Waals surface area contributed by atoms with Crippen LogP contribution in [0.1, 0.15) is 22.8 Å². The van der Waals surface area contributed by atoms with Crippen molar-refractivity contribution in [2.24, 2.45) is 0 Å². The average Bonchev–Trinajstić information content (AvgIpc) is 2.39. The van der Waals surface area contributed by atoms with Gasteiger partial charge in [0.2, 0.25) is 0 Å². The van der Waals surface area contributed by atoms with Crippen LogP contribution in [0.3, 0.4) is 0 Å². The summed E-state index contributed by atoms with van der Waals surface area (Å²) in [6, 6.07) is 11.2. The molecule has 0 saturated carbocycles. The number of carbonyl (C=O) groups is 1. The van der Waals surface area contributed by atoms with Gasteiger partial charge in [-0.25, -0.2) is 4.39 Å². The lowest BCUT2D eigenvalue weighted by Crippen LogP contribution is -2.07. The molecule has 0 fully saturated rings. The van der Waals surface area contributed by atoms with Crippen LogP contribution < -0.4 is 4.74 Å². The highest BCUT2D eigenvalue weighted by molar-refractivity contribution is 14.1. The van der Waals surface area contributed by atoms with E-state index in [1.54, 1.807) is 18.2 Å². The summed E-state index contributed by atoms with van der Waals surface area (Å²) in [5.74, 6) is 0.0441. The largest absolute Gasteiger partial charge is 0.493 e. The number of benzene rings is 2. The average molecular weight is 370 g/mol. The summed E-state index contributed by atoms with van der Waals surface area (Å²) in [5, 5.41) is 0. The SMILES string of the molecule is CCOc1ccccc1C(=O)c1ccc(F)cc1I. The molecule has 2 aromatic carbocycles. The van der Waals surface area contributed by atoms with E-state index in [9.17, 15) is 9.18 Å². The predicted octanol–water partition coefficient (Wildman–Crippen LogP) is 4.06. The van der Waals surface area contributed by atoms with Crippen molar-refractivity contribution in [2.45, 2.75) is 6.92 Å². The molecule has 0 heterocycles. The van der Waals surface area contributed by atoms with E-state index in [2.05, 4.69) is 0 Å². The van der Waals surface area contributed by atoms with Crippen LogP contribution in [0.4, 0.5) is 4.39 Å². The molecule has 0 amide bonds. The van der Waals surface area contributed by atoms with Gasteiger partial charge in [0.1, 0.15) is 11.6 Å². The molecule has 0 radical (unpaired) electrons. The normalized spacial score (nSPS) is 10.3. The smallest absolute Gasteiger partial charge is 0.197 e. The summed E-state index contributed by atoms with van der Waals surface area (Å²) in [6.07, 6.45) is 0. The lowest BCUT2D eigenvalue weighted by atomic mass is 10.0. The van der Waals surface area contributed by atoms with E-state index in [1.807, 2.05) is 35.6 Å². The first kappa shape index (κ1) is 14.0. The lowest BCUT2D eigenvalue weighted by Gasteiger charge is -2.10. The third kappa shape index (κ3) is 3.12. The van der Waals surface area contributed by atoms with Gasteiger partial charge in [-0.1, -0.05) is 12.1 Å². The predicted molar refractivity (Wildman–Crippen MR) is 80.2 cm³/mol. The van der Waals surface area contributed by atoms with Crippen molar-refractivity contribution in [1.29, 1.82) is 0 Å². The van der Waals surface area contributed by atoms with Crippen molar-refractivity contribution in [3.8, 4) is 5.75 Å². The third-order valence-electron chi connectivity index (χ3n) is 2.61. The summed E-state index contributed by atoms with van der Waals surface area (Å²) < 4.78 is 19.1. The molecule has 2 nitrogen and oxygen atoms in total. The minimum atomic E-state index is -0.348. The Kier molecular flexibility index (Phi) is 4.52. The van der Waals surface area contributed by atoms with Crippen molar-refractivity contribution in [3.63, 3.8) is 0 Å². The Morgan fingerprint density at radius 3 is 2.63 bits per heavy atom. The second-order valence-corrected chi connectivity index (χ2v) is 5.04. The number of hydrogen-bond acceptors (Lipinski definition) is 2. The van der Waals surface area contributed by atoms with Crippen molar-refractivity contribution in [2.75, 3.05) is 6.61 Å². The highest BCUT2D eigenvalue weighted by atomic mass is 127. The van der Waals surface area contributed by atoms with E-state index in [0.29, 0.717) is 27.1 Å². The molecule has 2 rings (SSSR count). The van der Waals surface area contributed by atoms with Gasteiger partial charge in [-0.15, -0.1) is 0 Å². The first-order valence-electron chi connectivity index (χ1n) is 5.85. The van der Waals surface area contributed by atoms with Gasteiger partial charge in [0.05, 0.1) is 12.2 Å². The minimum Gasteiger partial charge on any atom is -0.493 e. The van der Waals surface area contributed by atoms with Gasteiger partial charge in [-0.2, -0.15) is 0 Å². The number of halogens is 2. The maximum atomic E-state index is 13.1. The molecule has 0 aliphatic carbocycles. The second-order valence-electron chi connectivity index (χ2n) is 3.88. The molecule has 0 aliphatic heterocycles. The number of para-hydroxylation sites is 1. The number of ether oxygens (including phenoxy) is 1. The highest BCUT2D eigenvalue weighted by Crippen LogP contribution is 2.24. The van der Waals surface area contributed by atoms with Crippen LogP contribution in [-0.4, -0.2) is 12.4 Å². The van der Waals surface area contributed by atoms with Gasteiger partial charge in [0.25, 0.3) is 0 Å². The Balaban J connectivity index is 2.44.